The molecule has 1 fully saturated rings. The minimum atomic E-state index is -0.511. The summed E-state index contributed by atoms with van der Waals surface area (Å²) in [6, 6.07) is 12.4. The molecule has 0 saturated carbocycles. The zero-order valence-corrected chi connectivity index (χ0v) is 20.3. The van der Waals surface area contributed by atoms with Gasteiger partial charge >= 0.3 is 0 Å². The van der Waals surface area contributed by atoms with Crippen LogP contribution in [0.15, 0.2) is 51.8 Å². The normalized spacial score (nSPS) is 14.9. The highest BCUT2D eigenvalue weighted by Crippen LogP contribution is 2.35. The van der Waals surface area contributed by atoms with Crippen LogP contribution in [0.4, 0.5) is 10.5 Å². The second kappa shape index (κ2) is 10.7. The molecule has 0 aromatic heterocycles. The lowest BCUT2D eigenvalue weighted by molar-refractivity contribution is -0.127. The molecule has 2 aromatic carbocycles. The van der Waals surface area contributed by atoms with Crippen LogP contribution in [0.2, 0.25) is 0 Å². The highest BCUT2D eigenvalue weighted by molar-refractivity contribution is 9.10. The van der Waals surface area contributed by atoms with Crippen molar-refractivity contribution in [3.8, 4) is 11.5 Å². The van der Waals surface area contributed by atoms with Gasteiger partial charge in [0.2, 0.25) is 5.91 Å². The predicted octanol–water partition coefficient (Wildman–Crippen LogP) is 5.31. The van der Waals surface area contributed by atoms with Crippen LogP contribution in [0.5, 0.6) is 11.5 Å². The van der Waals surface area contributed by atoms with Crippen LogP contribution in [0, 0.1) is 0 Å². The number of hydrogen-bond donors (Lipinski definition) is 1. The fourth-order valence-corrected chi connectivity index (χ4v) is 4.14. The number of benzene rings is 2. The lowest BCUT2D eigenvalue weighted by Gasteiger charge is -2.15. The van der Waals surface area contributed by atoms with E-state index in [2.05, 4.69) is 21.2 Å². The van der Waals surface area contributed by atoms with E-state index >= 15 is 0 Å². The topological polar surface area (TPSA) is 84.9 Å². The summed E-state index contributed by atoms with van der Waals surface area (Å²) < 4.78 is 12.1. The number of thioether (sulfide) groups is 1. The maximum absolute atomic E-state index is 12.8. The Morgan fingerprint density at radius 3 is 2.62 bits per heavy atom. The lowest BCUT2D eigenvalue weighted by Crippen LogP contribution is -2.36. The number of rotatable bonds is 8. The minimum absolute atomic E-state index is 0.0146. The Bertz CT molecular complexity index is 1070. The van der Waals surface area contributed by atoms with Crippen LogP contribution < -0.4 is 14.8 Å². The first-order valence-electron chi connectivity index (χ1n) is 10.0. The molecule has 1 aliphatic heterocycles. The van der Waals surface area contributed by atoms with Gasteiger partial charge < -0.3 is 14.8 Å². The summed E-state index contributed by atoms with van der Waals surface area (Å²) in [4.78, 5) is 38.7. The smallest absolute Gasteiger partial charge is 0.294 e. The van der Waals surface area contributed by atoms with Crippen LogP contribution >= 0.6 is 27.7 Å². The number of amides is 3. The Kier molecular flexibility index (Phi) is 7.98. The molecule has 0 bridgehead atoms. The van der Waals surface area contributed by atoms with Crippen molar-refractivity contribution >= 4 is 56.5 Å². The molecule has 1 N–H and O–H groups in total. The number of nitrogens with one attached hydrogen (secondary N) is 1. The van der Waals surface area contributed by atoms with Gasteiger partial charge in [-0.2, -0.15) is 0 Å². The number of carbonyl (C=O) groups is 3. The highest BCUT2D eigenvalue weighted by atomic mass is 79.9. The zero-order chi connectivity index (χ0) is 23.3. The fraction of sp³-hybridized carbons (Fsp3) is 0.261. The Morgan fingerprint density at radius 1 is 1.19 bits per heavy atom. The molecule has 3 amide bonds. The number of carbonyl (C=O) groups excluding carboxylic acids is 3. The zero-order valence-electron chi connectivity index (χ0n) is 17.9. The van der Waals surface area contributed by atoms with Gasteiger partial charge in [-0.05, 0) is 84.4 Å². The molecule has 32 heavy (non-hydrogen) atoms. The highest BCUT2D eigenvalue weighted by Gasteiger charge is 2.36. The minimum Gasteiger partial charge on any atom is -0.490 e. The van der Waals surface area contributed by atoms with Crippen molar-refractivity contribution in [3.63, 3.8) is 0 Å². The summed E-state index contributed by atoms with van der Waals surface area (Å²) in [5.74, 6) is 0.190. The summed E-state index contributed by atoms with van der Waals surface area (Å²) in [7, 11) is 0. The maximum atomic E-state index is 12.8. The molecule has 168 valence electrons. The van der Waals surface area contributed by atoms with Gasteiger partial charge in [-0.15, -0.1) is 0 Å². The molecular weight excluding hydrogens is 496 g/mol. The van der Waals surface area contributed by atoms with Gasteiger partial charge in [-0.1, -0.05) is 18.2 Å². The summed E-state index contributed by atoms with van der Waals surface area (Å²) in [5, 5.41) is 2.20. The molecule has 3 rings (SSSR count). The molecule has 1 saturated heterocycles. The SMILES string of the molecule is CCOc1cc(/C=C2/SC(=O)N(CC(=O)Nc3ccccc3Br)C2=O)ccc1OC(C)C. The van der Waals surface area contributed by atoms with Crippen LogP contribution in [-0.4, -0.2) is 41.2 Å². The first kappa shape index (κ1) is 23.9. The van der Waals surface area contributed by atoms with E-state index in [0.29, 0.717) is 33.8 Å². The third-order valence-corrected chi connectivity index (χ3v) is 5.85. The van der Waals surface area contributed by atoms with Crippen molar-refractivity contribution in [1.29, 1.82) is 0 Å². The molecule has 0 radical (unpaired) electrons. The number of imide groups is 1. The monoisotopic (exact) mass is 518 g/mol. The number of para-hydroxylation sites is 1. The van der Waals surface area contributed by atoms with Crippen molar-refractivity contribution in [2.24, 2.45) is 0 Å². The first-order chi connectivity index (χ1) is 15.3. The predicted molar refractivity (Wildman–Crippen MR) is 129 cm³/mol. The fourth-order valence-electron chi connectivity index (χ4n) is 2.92. The van der Waals surface area contributed by atoms with Crippen molar-refractivity contribution < 1.29 is 23.9 Å². The van der Waals surface area contributed by atoms with E-state index in [9.17, 15) is 14.4 Å². The van der Waals surface area contributed by atoms with Crippen LogP contribution in [0.1, 0.15) is 26.3 Å². The quantitative estimate of drug-likeness (QED) is 0.476. The molecule has 0 aliphatic carbocycles. The van der Waals surface area contributed by atoms with Crippen LogP contribution in [-0.2, 0) is 9.59 Å². The molecule has 0 atom stereocenters. The first-order valence-corrected chi connectivity index (χ1v) is 11.6. The van der Waals surface area contributed by atoms with Gasteiger partial charge in [-0.25, -0.2) is 0 Å². The van der Waals surface area contributed by atoms with E-state index in [-0.39, 0.29) is 17.6 Å². The van der Waals surface area contributed by atoms with Crippen LogP contribution in [0.3, 0.4) is 0 Å². The van der Waals surface area contributed by atoms with E-state index in [4.69, 9.17) is 9.47 Å². The maximum Gasteiger partial charge on any atom is 0.294 e. The second-order valence-electron chi connectivity index (χ2n) is 7.10. The molecular formula is C23H23BrN2O5S. The van der Waals surface area contributed by atoms with Crippen molar-refractivity contribution in [2.75, 3.05) is 18.5 Å². The number of ether oxygens (including phenoxy) is 2. The van der Waals surface area contributed by atoms with E-state index in [0.717, 1.165) is 16.7 Å². The molecule has 2 aromatic rings. The molecule has 0 unspecified atom stereocenters. The number of nitrogens with zero attached hydrogens (tertiary/aromatic N) is 1. The third-order valence-electron chi connectivity index (χ3n) is 4.25. The Balaban J connectivity index is 1.74. The molecule has 1 heterocycles. The lowest BCUT2D eigenvalue weighted by atomic mass is 10.1. The Labute approximate surface area is 199 Å². The Morgan fingerprint density at radius 2 is 1.94 bits per heavy atom. The third kappa shape index (κ3) is 5.92. The molecule has 0 spiro atoms. The average Bonchev–Trinajstić information content (AvgIpc) is 2.99. The van der Waals surface area contributed by atoms with E-state index < -0.39 is 17.1 Å². The van der Waals surface area contributed by atoms with Crippen molar-refractivity contribution in [3.05, 3.63) is 57.4 Å². The largest absolute Gasteiger partial charge is 0.490 e. The summed E-state index contributed by atoms with van der Waals surface area (Å²) in [6.45, 7) is 5.81. The standard InChI is InChI=1S/C23H23BrN2O5S/c1-4-30-19-11-15(9-10-18(19)31-14(2)3)12-20-22(28)26(23(29)32-20)13-21(27)25-17-8-6-5-7-16(17)24/h5-12,14H,4,13H2,1-3H3,(H,25,27)/b20-12+. The van der Waals surface area contributed by atoms with E-state index in [1.165, 1.54) is 0 Å². The average molecular weight is 519 g/mol. The van der Waals surface area contributed by atoms with Crippen LogP contribution in [0.25, 0.3) is 6.08 Å². The van der Waals surface area contributed by atoms with Gasteiger partial charge in [0.05, 0.1) is 23.3 Å². The van der Waals surface area contributed by atoms with Gasteiger partial charge in [0.15, 0.2) is 11.5 Å². The Hall–Kier alpha value is -2.78. The van der Waals surface area contributed by atoms with Gasteiger partial charge in [0.25, 0.3) is 11.1 Å². The summed E-state index contributed by atoms with van der Waals surface area (Å²) in [5.41, 5.74) is 1.25. The molecule has 1 aliphatic rings. The summed E-state index contributed by atoms with van der Waals surface area (Å²) >= 11 is 4.15. The number of anilines is 1. The van der Waals surface area contributed by atoms with Crippen molar-refractivity contribution in [1.82, 2.24) is 4.90 Å². The molecule has 9 heteroatoms. The number of hydrogen-bond acceptors (Lipinski definition) is 6. The van der Waals surface area contributed by atoms with Gasteiger partial charge in [-0.3, -0.25) is 19.3 Å². The molecule has 7 nitrogen and oxygen atoms in total. The number of halogens is 1. The van der Waals surface area contributed by atoms with Gasteiger partial charge in [0.1, 0.15) is 6.54 Å². The van der Waals surface area contributed by atoms with E-state index in [1.54, 1.807) is 42.5 Å². The second-order valence-corrected chi connectivity index (χ2v) is 8.95. The van der Waals surface area contributed by atoms with Gasteiger partial charge in [0, 0.05) is 4.47 Å². The van der Waals surface area contributed by atoms with Crippen molar-refractivity contribution in [2.45, 2.75) is 26.9 Å². The summed E-state index contributed by atoms with van der Waals surface area (Å²) in [6.07, 6.45) is 1.59. The van der Waals surface area contributed by atoms with E-state index in [1.807, 2.05) is 26.8 Å².